The molecule has 0 spiro atoms. The predicted octanol–water partition coefficient (Wildman–Crippen LogP) is 4.49. The Morgan fingerprint density at radius 1 is 1.19 bits per heavy atom. The van der Waals surface area contributed by atoms with Crippen molar-refractivity contribution in [1.29, 1.82) is 0 Å². The second-order valence-electron chi connectivity index (χ2n) is 6.99. The first-order valence-corrected chi connectivity index (χ1v) is 10.2. The number of aromatic carboxylic acids is 1. The summed E-state index contributed by atoms with van der Waals surface area (Å²) in [6.07, 6.45) is 0. The van der Waals surface area contributed by atoms with Crippen LogP contribution in [0.4, 0.5) is 14.9 Å². The number of fused-ring (bicyclic) bond motifs is 1. The second-order valence-corrected chi connectivity index (χ2v) is 7.84. The van der Waals surface area contributed by atoms with Gasteiger partial charge >= 0.3 is 12.0 Å². The van der Waals surface area contributed by atoms with Crippen LogP contribution in [-0.2, 0) is 11.3 Å². The Morgan fingerprint density at radius 2 is 1.91 bits per heavy atom. The summed E-state index contributed by atoms with van der Waals surface area (Å²) in [4.78, 5) is 42.4. The van der Waals surface area contributed by atoms with Crippen molar-refractivity contribution >= 4 is 57.7 Å². The van der Waals surface area contributed by atoms with E-state index in [1.807, 2.05) is 0 Å². The van der Waals surface area contributed by atoms with E-state index in [0.29, 0.717) is 27.4 Å². The van der Waals surface area contributed by atoms with E-state index >= 15 is 0 Å². The number of alkyl halides is 1. The lowest BCUT2D eigenvalue weighted by molar-refractivity contribution is -0.116. The fourth-order valence-electron chi connectivity index (χ4n) is 3.62. The summed E-state index contributed by atoms with van der Waals surface area (Å²) in [7, 11) is 0. The number of aromatic nitrogens is 1. The molecule has 3 aromatic rings. The van der Waals surface area contributed by atoms with Gasteiger partial charge in [-0.1, -0.05) is 23.2 Å². The number of amides is 3. The van der Waals surface area contributed by atoms with E-state index in [1.54, 1.807) is 0 Å². The van der Waals surface area contributed by atoms with Crippen molar-refractivity contribution in [1.82, 2.24) is 9.88 Å². The summed E-state index contributed by atoms with van der Waals surface area (Å²) in [6.45, 7) is -1.13. The van der Waals surface area contributed by atoms with Gasteiger partial charge in [-0.25, -0.2) is 18.9 Å². The lowest BCUT2D eigenvalue weighted by Gasteiger charge is -2.18. The number of anilines is 1. The predicted molar refractivity (Wildman–Crippen MR) is 116 cm³/mol. The lowest BCUT2D eigenvalue weighted by atomic mass is 10.1. The van der Waals surface area contributed by atoms with E-state index in [0.717, 1.165) is 4.90 Å². The smallest absolute Gasteiger partial charge is 0.352 e. The first kappa shape index (κ1) is 21.9. The minimum absolute atomic E-state index is 0.0982. The average Bonchev–Trinajstić information content (AvgIpc) is 3.24. The number of rotatable bonds is 7. The standard InChI is InChI=1S/C21H16Cl2FN3O5/c22-11-7-15(23)18-14(19(20(29)30)25-16(18)8-11)9-26-10-17(28)27(21(26)31)12-1-3-13(4-2-12)32-6-5-24/h1-4,7-8,25H,5-6,9-10H2,(H,29,30). The molecule has 2 aromatic carbocycles. The van der Waals surface area contributed by atoms with Crippen molar-refractivity contribution in [3.8, 4) is 5.75 Å². The van der Waals surface area contributed by atoms with Crippen molar-refractivity contribution in [2.45, 2.75) is 6.54 Å². The lowest BCUT2D eigenvalue weighted by Crippen LogP contribution is -2.33. The highest BCUT2D eigenvalue weighted by atomic mass is 35.5. The Hall–Kier alpha value is -3.30. The number of hydrogen-bond acceptors (Lipinski definition) is 4. The monoisotopic (exact) mass is 479 g/mol. The normalized spacial score (nSPS) is 14.0. The minimum Gasteiger partial charge on any atom is -0.491 e. The number of halogens is 3. The minimum atomic E-state index is -1.23. The molecular formula is C21H16Cl2FN3O5. The van der Waals surface area contributed by atoms with Crippen LogP contribution in [0.25, 0.3) is 10.9 Å². The number of benzene rings is 2. The zero-order valence-electron chi connectivity index (χ0n) is 16.4. The molecule has 0 unspecified atom stereocenters. The first-order chi connectivity index (χ1) is 15.3. The molecule has 1 aromatic heterocycles. The number of nitrogens with zero attached hydrogens (tertiary/aromatic N) is 2. The molecule has 8 nitrogen and oxygen atoms in total. The van der Waals surface area contributed by atoms with E-state index in [1.165, 1.54) is 41.3 Å². The van der Waals surface area contributed by atoms with Gasteiger partial charge in [0.15, 0.2) is 0 Å². The molecule has 0 saturated carbocycles. The number of aromatic amines is 1. The van der Waals surface area contributed by atoms with Crippen LogP contribution in [0.1, 0.15) is 16.1 Å². The molecule has 4 rings (SSSR count). The van der Waals surface area contributed by atoms with Crippen molar-refractivity contribution in [2.24, 2.45) is 0 Å². The number of urea groups is 1. The van der Waals surface area contributed by atoms with Crippen LogP contribution in [0, 0.1) is 0 Å². The van der Waals surface area contributed by atoms with E-state index in [4.69, 9.17) is 27.9 Å². The molecule has 1 aliphatic rings. The summed E-state index contributed by atoms with van der Waals surface area (Å²) >= 11 is 12.3. The first-order valence-electron chi connectivity index (χ1n) is 9.43. The Kier molecular flexibility index (Phi) is 5.94. The quantitative estimate of drug-likeness (QED) is 0.486. The van der Waals surface area contributed by atoms with Gasteiger partial charge in [0.2, 0.25) is 0 Å². The Balaban J connectivity index is 1.63. The van der Waals surface area contributed by atoms with Crippen LogP contribution in [0.2, 0.25) is 10.0 Å². The average molecular weight is 480 g/mol. The van der Waals surface area contributed by atoms with Crippen LogP contribution < -0.4 is 9.64 Å². The van der Waals surface area contributed by atoms with Crippen molar-refractivity contribution in [3.05, 3.63) is 57.7 Å². The Bertz CT molecular complexity index is 1230. The number of ether oxygens (including phenoxy) is 1. The summed E-state index contributed by atoms with van der Waals surface area (Å²) in [5.74, 6) is -1.30. The fraction of sp³-hybridized carbons (Fsp3) is 0.190. The Morgan fingerprint density at radius 3 is 2.56 bits per heavy atom. The van der Waals surface area contributed by atoms with Gasteiger partial charge in [0.25, 0.3) is 5.91 Å². The third-order valence-electron chi connectivity index (χ3n) is 4.96. The molecule has 0 atom stereocenters. The van der Waals surface area contributed by atoms with Crippen LogP contribution in [0.15, 0.2) is 36.4 Å². The maximum atomic E-state index is 13.0. The molecule has 0 radical (unpaired) electrons. The molecule has 1 saturated heterocycles. The van der Waals surface area contributed by atoms with Gasteiger partial charge < -0.3 is 19.7 Å². The molecule has 166 valence electrons. The van der Waals surface area contributed by atoms with E-state index < -0.39 is 24.6 Å². The number of hydrogen-bond donors (Lipinski definition) is 2. The van der Waals surface area contributed by atoms with Crippen LogP contribution in [0.3, 0.4) is 0 Å². The number of carbonyl (C=O) groups is 3. The number of H-pyrrole nitrogens is 1. The molecule has 1 fully saturated rings. The summed E-state index contributed by atoms with van der Waals surface area (Å²) in [5, 5.41) is 10.6. The SMILES string of the molecule is O=C(O)c1[nH]c2cc(Cl)cc(Cl)c2c1CN1CC(=O)N(c2ccc(OCCF)cc2)C1=O. The van der Waals surface area contributed by atoms with E-state index in [-0.39, 0.29) is 36.0 Å². The molecule has 2 heterocycles. The number of carboxylic acids is 1. The molecule has 1 aliphatic heterocycles. The fourth-order valence-corrected chi connectivity index (χ4v) is 4.23. The maximum Gasteiger partial charge on any atom is 0.352 e. The molecule has 11 heteroatoms. The van der Waals surface area contributed by atoms with Crippen molar-refractivity contribution < 1.29 is 28.6 Å². The van der Waals surface area contributed by atoms with Crippen LogP contribution >= 0.6 is 23.2 Å². The van der Waals surface area contributed by atoms with Gasteiger partial charge in [-0.05, 0) is 36.4 Å². The zero-order valence-corrected chi connectivity index (χ0v) is 17.9. The molecule has 3 amide bonds. The maximum absolute atomic E-state index is 13.0. The topological polar surface area (TPSA) is 103 Å². The largest absolute Gasteiger partial charge is 0.491 e. The highest BCUT2D eigenvalue weighted by molar-refractivity contribution is 6.39. The molecule has 32 heavy (non-hydrogen) atoms. The van der Waals surface area contributed by atoms with Gasteiger partial charge in [0.05, 0.1) is 17.3 Å². The number of carbonyl (C=O) groups excluding carboxylic acids is 2. The summed E-state index contributed by atoms with van der Waals surface area (Å²) in [6, 6.07) is 8.49. The summed E-state index contributed by atoms with van der Waals surface area (Å²) in [5.41, 5.74) is 0.857. The number of nitrogens with one attached hydrogen (secondary N) is 1. The van der Waals surface area contributed by atoms with E-state index in [2.05, 4.69) is 4.98 Å². The molecule has 2 N–H and O–H groups in total. The highest BCUT2D eigenvalue weighted by Crippen LogP contribution is 2.34. The van der Waals surface area contributed by atoms with Crippen LogP contribution in [0.5, 0.6) is 5.75 Å². The second kappa shape index (κ2) is 8.68. The number of imide groups is 1. The third-order valence-corrected chi connectivity index (χ3v) is 5.48. The van der Waals surface area contributed by atoms with Crippen molar-refractivity contribution in [2.75, 3.05) is 24.7 Å². The molecular weight excluding hydrogens is 464 g/mol. The third kappa shape index (κ3) is 3.96. The van der Waals surface area contributed by atoms with Crippen LogP contribution in [-0.4, -0.2) is 52.7 Å². The Labute approximate surface area is 191 Å². The van der Waals surface area contributed by atoms with E-state index in [9.17, 15) is 23.9 Å². The highest BCUT2D eigenvalue weighted by Gasteiger charge is 2.38. The van der Waals surface area contributed by atoms with Gasteiger partial charge in [-0.2, -0.15) is 0 Å². The molecule has 0 bridgehead atoms. The zero-order chi connectivity index (χ0) is 23.0. The summed E-state index contributed by atoms with van der Waals surface area (Å²) < 4.78 is 17.4. The number of carboxylic acid groups (broad SMARTS) is 1. The van der Waals surface area contributed by atoms with Gasteiger partial charge in [0, 0.05) is 21.5 Å². The molecule has 0 aliphatic carbocycles. The van der Waals surface area contributed by atoms with Crippen molar-refractivity contribution in [3.63, 3.8) is 0 Å². The van der Waals surface area contributed by atoms with Gasteiger partial charge in [-0.15, -0.1) is 0 Å². The van der Waals surface area contributed by atoms with Gasteiger partial charge in [-0.3, -0.25) is 4.79 Å². The van der Waals surface area contributed by atoms with Gasteiger partial charge in [0.1, 0.15) is 31.3 Å².